The zero-order chi connectivity index (χ0) is 16.4. The molecule has 1 atom stereocenters. The molecule has 1 aliphatic rings. The van der Waals surface area contributed by atoms with Gasteiger partial charge in [0.1, 0.15) is 11.5 Å². The molecule has 0 N–H and O–H groups in total. The van der Waals surface area contributed by atoms with Crippen molar-refractivity contribution in [2.24, 2.45) is 5.92 Å². The third-order valence-electron chi connectivity index (χ3n) is 4.23. The second kappa shape index (κ2) is 6.32. The van der Waals surface area contributed by atoms with Gasteiger partial charge in [-0.2, -0.15) is 0 Å². The zero-order valence-corrected chi connectivity index (χ0v) is 13.7. The molecule has 0 radical (unpaired) electrons. The standard InChI is InChI=1S/C19H21NO3/c1-13-10-15-6-9-17(23-3)11-18(15)20(12-13)19(21)14-4-7-16(22-2)8-5-14/h4-9,11,13H,10,12H2,1-3H3. The van der Waals surface area contributed by atoms with E-state index in [9.17, 15) is 4.79 Å². The van der Waals surface area contributed by atoms with Crippen LogP contribution < -0.4 is 14.4 Å². The smallest absolute Gasteiger partial charge is 0.258 e. The lowest BCUT2D eigenvalue weighted by Crippen LogP contribution is -2.39. The van der Waals surface area contributed by atoms with Crippen LogP contribution in [0.15, 0.2) is 42.5 Å². The number of nitrogens with zero attached hydrogens (tertiary/aromatic N) is 1. The number of amides is 1. The summed E-state index contributed by atoms with van der Waals surface area (Å²) in [7, 11) is 3.26. The fourth-order valence-electron chi connectivity index (χ4n) is 3.03. The summed E-state index contributed by atoms with van der Waals surface area (Å²) in [6.45, 7) is 2.88. The first-order valence-corrected chi connectivity index (χ1v) is 7.75. The van der Waals surface area contributed by atoms with Gasteiger partial charge in [0, 0.05) is 18.2 Å². The van der Waals surface area contributed by atoms with E-state index >= 15 is 0 Å². The fraction of sp³-hybridized carbons (Fsp3) is 0.316. The number of benzene rings is 2. The van der Waals surface area contributed by atoms with Crippen molar-refractivity contribution in [1.29, 1.82) is 0 Å². The molecule has 1 unspecified atom stereocenters. The normalized spacial score (nSPS) is 16.7. The van der Waals surface area contributed by atoms with Gasteiger partial charge in [0.2, 0.25) is 0 Å². The molecule has 4 nitrogen and oxygen atoms in total. The van der Waals surface area contributed by atoms with Crippen LogP contribution in [0.5, 0.6) is 11.5 Å². The maximum Gasteiger partial charge on any atom is 0.258 e. The van der Waals surface area contributed by atoms with Crippen LogP contribution in [0.1, 0.15) is 22.8 Å². The molecule has 1 amide bonds. The van der Waals surface area contributed by atoms with Crippen molar-refractivity contribution >= 4 is 11.6 Å². The summed E-state index contributed by atoms with van der Waals surface area (Å²) in [6, 6.07) is 13.2. The summed E-state index contributed by atoms with van der Waals surface area (Å²) >= 11 is 0. The Kier molecular flexibility index (Phi) is 4.24. The van der Waals surface area contributed by atoms with E-state index in [0.717, 1.165) is 23.6 Å². The Bertz CT molecular complexity index is 709. The number of rotatable bonds is 3. The van der Waals surface area contributed by atoms with Gasteiger partial charge < -0.3 is 14.4 Å². The summed E-state index contributed by atoms with van der Waals surface area (Å²) in [5.41, 5.74) is 2.79. The summed E-state index contributed by atoms with van der Waals surface area (Å²) in [6.07, 6.45) is 0.978. The molecule has 0 bridgehead atoms. The number of hydrogen-bond donors (Lipinski definition) is 0. The van der Waals surface area contributed by atoms with Gasteiger partial charge >= 0.3 is 0 Å². The second-order valence-corrected chi connectivity index (χ2v) is 5.95. The maximum atomic E-state index is 13.0. The minimum absolute atomic E-state index is 0.00806. The molecule has 1 heterocycles. The van der Waals surface area contributed by atoms with E-state index in [2.05, 4.69) is 13.0 Å². The lowest BCUT2D eigenvalue weighted by atomic mass is 9.93. The highest BCUT2D eigenvalue weighted by molar-refractivity contribution is 6.07. The van der Waals surface area contributed by atoms with Crippen LogP contribution >= 0.6 is 0 Å². The van der Waals surface area contributed by atoms with Crippen molar-refractivity contribution < 1.29 is 14.3 Å². The third kappa shape index (κ3) is 3.02. The van der Waals surface area contributed by atoms with Crippen LogP contribution in [0.25, 0.3) is 0 Å². The van der Waals surface area contributed by atoms with Crippen molar-refractivity contribution in [2.45, 2.75) is 13.3 Å². The van der Waals surface area contributed by atoms with Crippen molar-refractivity contribution in [3.8, 4) is 11.5 Å². The van der Waals surface area contributed by atoms with E-state index in [1.165, 1.54) is 5.56 Å². The quantitative estimate of drug-likeness (QED) is 0.870. The second-order valence-electron chi connectivity index (χ2n) is 5.95. The number of fused-ring (bicyclic) bond motifs is 1. The summed E-state index contributed by atoms with van der Waals surface area (Å²) < 4.78 is 10.5. The number of hydrogen-bond acceptors (Lipinski definition) is 3. The van der Waals surface area contributed by atoms with Gasteiger partial charge in [0.15, 0.2) is 0 Å². The minimum atomic E-state index is 0.00806. The highest BCUT2D eigenvalue weighted by Gasteiger charge is 2.27. The van der Waals surface area contributed by atoms with E-state index in [-0.39, 0.29) is 5.91 Å². The topological polar surface area (TPSA) is 38.8 Å². The van der Waals surface area contributed by atoms with Gasteiger partial charge in [0.25, 0.3) is 5.91 Å². The largest absolute Gasteiger partial charge is 0.497 e. The van der Waals surface area contributed by atoms with Gasteiger partial charge in [-0.15, -0.1) is 0 Å². The van der Waals surface area contributed by atoms with Gasteiger partial charge in [-0.25, -0.2) is 0 Å². The number of carbonyl (C=O) groups is 1. The minimum Gasteiger partial charge on any atom is -0.497 e. The Hall–Kier alpha value is -2.49. The SMILES string of the molecule is COc1ccc(C(=O)N2CC(C)Cc3ccc(OC)cc32)cc1. The molecule has 23 heavy (non-hydrogen) atoms. The molecule has 120 valence electrons. The first kappa shape index (κ1) is 15.4. The van der Waals surface area contributed by atoms with Crippen molar-refractivity contribution in [1.82, 2.24) is 0 Å². The highest BCUT2D eigenvalue weighted by Crippen LogP contribution is 2.34. The molecule has 2 aromatic rings. The van der Waals surface area contributed by atoms with Crippen LogP contribution in [0.2, 0.25) is 0 Å². The van der Waals surface area contributed by atoms with E-state index in [0.29, 0.717) is 18.0 Å². The highest BCUT2D eigenvalue weighted by atomic mass is 16.5. The molecule has 0 aliphatic carbocycles. The van der Waals surface area contributed by atoms with Gasteiger partial charge in [-0.3, -0.25) is 4.79 Å². The summed E-state index contributed by atoms with van der Waals surface area (Å²) in [4.78, 5) is 14.8. The lowest BCUT2D eigenvalue weighted by molar-refractivity contribution is 0.0981. The molecule has 0 saturated carbocycles. The van der Waals surface area contributed by atoms with Crippen LogP contribution in [-0.2, 0) is 6.42 Å². The first-order chi connectivity index (χ1) is 11.1. The Morgan fingerprint density at radius 2 is 1.70 bits per heavy atom. The molecular formula is C19H21NO3. The van der Waals surface area contributed by atoms with Crippen LogP contribution in [0.3, 0.4) is 0 Å². The van der Waals surface area contributed by atoms with Gasteiger partial charge in [-0.1, -0.05) is 13.0 Å². The first-order valence-electron chi connectivity index (χ1n) is 7.75. The predicted molar refractivity (Wildman–Crippen MR) is 90.5 cm³/mol. The third-order valence-corrected chi connectivity index (χ3v) is 4.23. The molecule has 0 aromatic heterocycles. The number of ether oxygens (including phenoxy) is 2. The Morgan fingerprint density at radius 1 is 1.04 bits per heavy atom. The summed E-state index contributed by atoms with van der Waals surface area (Å²) in [5, 5.41) is 0. The van der Waals surface area contributed by atoms with E-state index in [1.807, 2.05) is 29.2 Å². The fourth-order valence-corrected chi connectivity index (χ4v) is 3.03. The van der Waals surface area contributed by atoms with Crippen LogP contribution in [-0.4, -0.2) is 26.7 Å². The van der Waals surface area contributed by atoms with Gasteiger partial charge in [0.05, 0.1) is 19.9 Å². The Morgan fingerprint density at radius 3 is 2.35 bits per heavy atom. The molecule has 0 saturated heterocycles. The molecule has 1 aliphatic heterocycles. The molecular weight excluding hydrogens is 290 g/mol. The monoisotopic (exact) mass is 311 g/mol. The van der Waals surface area contributed by atoms with Crippen LogP contribution in [0.4, 0.5) is 5.69 Å². The number of anilines is 1. The molecule has 2 aromatic carbocycles. The van der Waals surface area contributed by atoms with Crippen molar-refractivity contribution in [3.05, 3.63) is 53.6 Å². The number of carbonyl (C=O) groups excluding carboxylic acids is 1. The number of methoxy groups -OCH3 is 2. The van der Waals surface area contributed by atoms with E-state index in [4.69, 9.17) is 9.47 Å². The molecule has 0 spiro atoms. The average molecular weight is 311 g/mol. The molecule has 3 rings (SSSR count). The maximum absolute atomic E-state index is 13.0. The molecule has 0 fully saturated rings. The zero-order valence-electron chi connectivity index (χ0n) is 13.7. The Labute approximate surface area is 136 Å². The van der Waals surface area contributed by atoms with Crippen molar-refractivity contribution in [2.75, 3.05) is 25.7 Å². The summed E-state index contributed by atoms with van der Waals surface area (Å²) in [5.74, 6) is 1.95. The lowest BCUT2D eigenvalue weighted by Gasteiger charge is -2.33. The van der Waals surface area contributed by atoms with E-state index in [1.54, 1.807) is 26.4 Å². The Balaban J connectivity index is 1.96. The van der Waals surface area contributed by atoms with Gasteiger partial charge in [-0.05, 0) is 48.2 Å². The average Bonchev–Trinajstić information content (AvgIpc) is 2.60. The van der Waals surface area contributed by atoms with E-state index < -0.39 is 0 Å². The van der Waals surface area contributed by atoms with Crippen LogP contribution in [0, 0.1) is 5.92 Å². The molecule has 4 heteroatoms. The predicted octanol–water partition coefficient (Wildman–Crippen LogP) is 3.54. The van der Waals surface area contributed by atoms with Crippen molar-refractivity contribution in [3.63, 3.8) is 0 Å².